The molecular formula is C86H166O8S5Sn2. The quantitative estimate of drug-likeness (QED) is 0.0145. The third-order valence-corrected chi connectivity index (χ3v) is 17.8. The zero-order valence-corrected chi connectivity index (χ0v) is 75.1. The van der Waals surface area contributed by atoms with E-state index >= 15 is 0 Å². The van der Waals surface area contributed by atoms with Gasteiger partial charge >= 0.3 is 71.7 Å². The molecule has 0 bridgehead atoms. The fourth-order valence-corrected chi connectivity index (χ4v) is 11.5. The van der Waals surface area contributed by atoms with E-state index in [-0.39, 0.29) is 100 Å². The minimum absolute atomic E-state index is 0. The maximum Gasteiger partial charge on any atom is 2.00 e. The Kier molecular flexibility index (Phi) is 137. The van der Waals surface area contributed by atoms with Gasteiger partial charge in [0.1, 0.15) is 0 Å². The number of carbonyl (C=O) groups is 4. The van der Waals surface area contributed by atoms with Crippen LogP contribution < -0.4 is 0 Å². The normalized spacial score (nSPS) is 10.7. The molecule has 8 nitrogen and oxygen atoms in total. The van der Waals surface area contributed by atoms with Gasteiger partial charge in [0, 0.05) is 0 Å². The number of esters is 4. The second kappa shape index (κ2) is 116. The largest absolute Gasteiger partial charge is 2.00 e. The molecule has 0 unspecified atom stereocenters. The summed E-state index contributed by atoms with van der Waals surface area (Å²) in [4.78, 5) is 44.9. The molecule has 0 atom stereocenters. The first kappa shape index (κ1) is 120. The zero-order valence-electron chi connectivity index (χ0n) is 65.1. The SMILES string of the molecule is C.C.CCCCCCCCCCCCCCC/C=C/CC(=O)OCC[S-].CCCCCCCCCCCCCCC/C=C/CC(=O)OCC[S-].CCCCCCCCCCCCCCC/C=C/CC(=O)OCC[S-].CCCCCCCCCCCCCCC/C=C/CC(=O)OCC[S-].S.[Sn+2].[Sn+2]. The number of carbonyl (C=O) groups excluding carboxylic acids is 4. The van der Waals surface area contributed by atoms with E-state index in [0.29, 0.717) is 75.1 Å². The van der Waals surface area contributed by atoms with Gasteiger partial charge in [0.2, 0.25) is 0 Å². The summed E-state index contributed by atoms with van der Waals surface area (Å²) in [6.07, 6.45) is 94.0. The molecule has 0 spiro atoms. The first-order chi connectivity index (χ1) is 47.2. The van der Waals surface area contributed by atoms with Crippen LogP contribution in [0.3, 0.4) is 0 Å². The number of hydrogen-bond donors (Lipinski definition) is 0. The molecule has 0 amide bonds. The van der Waals surface area contributed by atoms with Gasteiger partial charge in [0.15, 0.2) is 0 Å². The number of allylic oxidation sites excluding steroid dienone is 4. The van der Waals surface area contributed by atoms with Crippen LogP contribution in [0.2, 0.25) is 0 Å². The minimum atomic E-state index is -0.165. The minimum Gasteiger partial charge on any atom is -0.789 e. The summed E-state index contributed by atoms with van der Waals surface area (Å²) >= 11 is 18.9. The molecule has 0 aliphatic carbocycles. The fourth-order valence-electron chi connectivity index (χ4n) is 11.2. The smallest absolute Gasteiger partial charge is 0.789 e. The number of ether oxygens (including phenoxy) is 4. The molecule has 0 aromatic rings. The third kappa shape index (κ3) is 124. The first-order valence-corrected chi connectivity index (χ1v) is 43.1. The van der Waals surface area contributed by atoms with Crippen LogP contribution in [0.1, 0.15) is 428 Å². The Hall–Kier alpha value is 0.187. The molecule has 0 heterocycles. The Morgan fingerprint density at radius 1 is 0.218 bits per heavy atom. The summed E-state index contributed by atoms with van der Waals surface area (Å²) in [6, 6.07) is 0. The number of unbranched alkanes of at least 4 members (excludes halogenated alkanes) is 52. The van der Waals surface area contributed by atoms with Crippen molar-refractivity contribution < 1.29 is 38.1 Å². The van der Waals surface area contributed by atoms with Crippen LogP contribution in [0, 0.1) is 0 Å². The zero-order chi connectivity index (χ0) is 70.9. The monoisotopic (exact) mass is 1730 g/mol. The van der Waals surface area contributed by atoms with E-state index in [4.69, 9.17) is 69.5 Å². The second-order valence-corrected chi connectivity index (χ2v) is 28.2. The predicted octanol–water partition coefficient (Wildman–Crippen LogP) is 26.6. The molecule has 596 valence electrons. The molecule has 0 aromatic carbocycles. The Morgan fingerprint density at radius 2 is 0.337 bits per heavy atom. The third-order valence-electron chi connectivity index (χ3n) is 17.1. The number of rotatable bonds is 72. The Morgan fingerprint density at radius 3 is 0.455 bits per heavy atom. The molecule has 0 rings (SSSR count). The summed E-state index contributed by atoms with van der Waals surface area (Å²) in [7, 11) is 0. The van der Waals surface area contributed by atoms with Crippen molar-refractivity contribution in [3.63, 3.8) is 0 Å². The Labute approximate surface area is 693 Å². The van der Waals surface area contributed by atoms with Crippen molar-refractivity contribution in [3.05, 3.63) is 48.6 Å². The van der Waals surface area contributed by atoms with Crippen molar-refractivity contribution in [1.29, 1.82) is 0 Å². The van der Waals surface area contributed by atoms with Gasteiger partial charge in [0.05, 0.1) is 52.1 Å². The van der Waals surface area contributed by atoms with E-state index in [1.807, 2.05) is 24.3 Å². The molecular weight excluding hydrogens is 1560 g/mol. The second-order valence-electron chi connectivity index (χ2n) is 26.5. The van der Waals surface area contributed by atoms with E-state index in [1.54, 1.807) is 0 Å². The molecule has 0 saturated heterocycles. The van der Waals surface area contributed by atoms with E-state index in [9.17, 15) is 19.2 Å². The molecule has 0 N–H and O–H groups in total. The van der Waals surface area contributed by atoms with E-state index in [2.05, 4.69) is 52.0 Å². The van der Waals surface area contributed by atoms with Crippen molar-refractivity contribution in [3.8, 4) is 0 Å². The maximum atomic E-state index is 11.2. The van der Waals surface area contributed by atoms with E-state index < -0.39 is 0 Å². The van der Waals surface area contributed by atoms with Crippen LogP contribution >= 0.6 is 13.5 Å². The van der Waals surface area contributed by atoms with Gasteiger partial charge in [-0.05, 0) is 51.4 Å². The van der Waals surface area contributed by atoms with Gasteiger partial charge in [-0.2, -0.15) is 13.5 Å². The molecule has 4 radical (unpaired) electrons. The standard InChI is InChI=1S/4C21H40O2S.2CH4.H2S.2Sn/c4*1-2-3-4-5-6-7-8-9-10-11-12-13-14-15-16-17-18-21(22)23-19-20-24;;;;;/h4*16-17,24H,2-15,18-20H2,1H3;2*1H4;1H2;;/q;;;;;;;2*+2/p-4/b4*17-16+;;;;;. The number of hydrogen-bond acceptors (Lipinski definition) is 12. The predicted molar refractivity (Wildman–Crippen MR) is 464 cm³/mol. The summed E-state index contributed by atoms with van der Waals surface area (Å²) < 4.78 is 19.7. The maximum absolute atomic E-state index is 11.2. The molecule has 0 aromatic heterocycles. The van der Waals surface area contributed by atoms with Crippen molar-refractivity contribution >= 4 is 136 Å². The molecule has 0 aliphatic rings. The van der Waals surface area contributed by atoms with Gasteiger partial charge < -0.3 is 69.5 Å². The van der Waals surface area contributed by atoms with E-state index in [1.165, 1.54) is 334 Å². The van der Waals surface area contributed by atoms with Crippen molar-refractivity contribution in [1.82, 2.24) is 0 Å². The van der Waals surface area contributed by atoms with Crippen LogP contribution in [0.25, 0.3) is 0 Å². The molecule has 15 heteroatoms. The summed E-state index contributed by atoms with van der Waals surface area (Å²) in [5, 5.41) is 0. The van der Waals surface area contributed by atoms with Crippen molar-refractivity contribution in [2.45, 2.75) is 428 Å². The van der Waals surface area contributed by atoms with Crippen molar-refractivity contribution in [2.24, 2.45) is 0 Å². The van der Waals surface area contributed by atoms with Gasteiger partial charge in [0.25, 0.3) is 0 Å². The van der Waals surface area contributed by atoms with Gasteiger partial charge in [-0.15, -0.1) is 23.0 Å². The van der Waals surface area contributed by atoms with Crippen LogP contribution in [0.4, 0.5) is 0 Å². The van der Waals surface area contributed by atoms with E-state index in [0.717, 1.165) is 25.7 Å². The van der Waals surface area contributed by atoms with Gasteiger partial charge in [-0.3, -0.25) is 19.2 Å². The molecule has 101 heavy (non-hydrogen) atoms. The molecule has 0 fully saturated rings. The van der Waals surface area contributed by atoms with Crippen LogP contribution in [-0.4, -0.2) is 121 Å². The van der Waals surface area contributed by atoms with Gasteiger partial charge in [-0.1, -0.05) is 399 Å². The Balaban J connectivity index is -0.000000157. The van der Waals surface area contributed by atoms with Crippen LogP contribution in [0.15, 0.2) is 48.6 Å². The average Bonchev–Trinajstić information content (AvgIpc) is 3.82. The van der Waals surface area contributed by atoms with Crippen LogP contribution in [-0.2, 0) is 88.6 Å². The molecule has 0 aliphatic heterocycles. The van der Waals surface area contributed by atoms with Crippen LogP contribution in [0.5, 0.6) is 0 Å². The fraction of sp³-hybridized carbons (Fsp3) is 0.860. The summed E-state index contributed by atoms with van der Waals surface area (Å²) in [5.41, 5.74) is 0. The molecule has 0 saturated carbocycles. The topological polar surface area (TPSA) is 105 Å². The first-order valence-electron chi connectivity index (χ1n) is 40.8. The average molecular weight is 1730 g/mol. The summed E-state index contributed by atoms with van der Waals surface area (Å²) in [6.45, 7) is 10.5. The van der Waals surface area contributed by atoms with Gasteiger partial charge in [-0.25, -0.2) is 0 Å². The summed E-state index contributed by atoms with van der Waals surface area (Å²) in [5.74, 6) is 1.26. The Bertz CT molecular complexity index is 1410. The van der Waals surface area contributed by atoms with Crippen molar-refractivity contribution in [2.75, 3.05) is 49.4 Å².